The van der Waals surface area contributed by atoms with Crippen molar-refractivity contribution < 1.29 is 9.53 Å². The summed E-state index contributed by atoms with van der Waals surface area (Å²) in [7, 11) is 5.08. The van der Waals surface area contributed by atoms with E-state index in [1.165, 1.54) is 7.11 Å². The molecule has 0 bridgehead atoms. The Morgan fingerprint density at radius 1 is 1.47 bits per heavy atom. The molecular formula is C10H15N3O2. The lowest BCUT2D eigenvalue weighted by atomic mass is 10.2. The highest BCUT2D eigenvalue weighted by molar-refractivity contribution is 5.86. The van der Waals surface area contributed by atoms with E-state index in [1.54, 1.807) is 18.2 Å². The number of nitrogens with two attached hydrogens (primary N) is 1. The van der Waals surface area contributed by atoms with Crippen LogP contribution in [-0.2, 0) is 4.74 Å². The number of rotatable bonds is 2. The topological polar surface area (TPSA) is 67.6 Å². The van der Waals surface area contributed by atoms with Gasteiger partial charge < -0.3 is 15.4 Å². The monoisotopic (exact) mass is 209 g/mol. The molecule has 82 valence electrons. The Morgan fingerprint density at radius 2 is 2.13 bits per heavy atom. The Bertz CT molecular complexity index is 364. The molecule has 1 rings (SSSR count). The van der Waals surface area contributed by atoms with Gasteiger partial charge in [0.1, 0.15) is 0 Å². The van der Waals surface area contributed by atoms with E-state index in [4.69, 9.17) is 5.73 Å². The van der Waals surface area contributed by atoms with Crippen LogP contribution in [0.2, 0.25) is 0 Å². The maximum absolute atomic E-state index is 11.0. The number of carbonyl (C=O) groups excluding carboxylic acids is 1. The predicted molar refractivity (Wildman–Crippen MR) is 61.2 cm³/mol. The van der Waals surface area contributed by atoms with Crippen LogP contribution in [0, 0.1) is 0 Å². The number of hydrogen-bond donors (Lipinski definition) is 2. The van der Waals surface area contributed by atoms with E-state index >= 15 is 0 Å². The highest BCUT2D eigenvalue weighted by Crippen LogP contribution is 2.25. The van der Waals surface area contributed by atoms with Crippen molar-refractivity contribution in [2.45, 2.75) is 0 Å². The first-order chi connectivity index (χ1) is 7.04. The molecule has 1 aromatic rings. The summed E-state index contributed by atoms with van der Waals surface area (Å²) < 4.78 is 4.49. The van der Waals surface area contributed by atoms with Crippen LogP contribution in [0.15, 0.2) is 18.2 Å². The van der Waals surface area contributed by atoms with Crippen LogP contribution in [0.4, 0.5) is 21.9 Å². The van der Waals surface area contributed by atoms with E-state index in [0.717, 1.165) is 5.69 Å². The highest BCUT2D eigenvalue weighted by Gasteiger charge is 2.05. The first-order valence-electron chi connectivity index (χ1n) is 4.46. The molecule has 0 unspecified atom stereocenters. The lowest BCUT2D eigenvalue weighted by Gasteiger charge is -2.16. The lowest BCUT2D eigenvalue weighted by Crippen LogP contribution is -2.14. The third-order valence-electron chi connectivity index (χ3n) is 1.94. The maximum atomic E-state index is 11.0. The van der Waals surface area contributed by atoms with E-state index in [-0.39, 0.29) is 0 Å². The average molecular weight is 209 g/mol. The van der Waals surface area contributed by atoms with Crippen molar-refractivity contribution in [1.29, 1.82) is 0 Å². The van der Waals surface area contributed by atoms with Crippen LogP contribution >= 0.6 is 0 Å². The second-order valence-corrected chi connectivity index (χ2v) is 3.28. The van der Waals surface area contributed by atoms with Crippen molar-refractivity contribution in [3.05, 3.63) is 18.2 Å². The van der Waals surface area contributed by atoms with Gasteiger partial charge >= 0.3 is 6.09 Å². The van der Waals surface area contributed by atoms with E-state index in [9.17, 15) is 4.79 Å². The van der Waals surface area contributed by atoms with Crippen molar-refractivity contribution in [3.63, 3.8) is 0 Å². The molecule has 0 aliphatic heterocycles. The van der Waals surface area contributed by atoms with Crippen LogP contribution in [0.25, 0.3) is 0 Å². The van der Waals surface area contributed by atoms with Crippen molar-refractivity contribution in [2.24, 2.45) is 0 Å². The fraction of sp³-hybridized carbons (Fsp3) is 0.300. The molecule has 0 aliphatic rings. The fourth-order valence-electron chi connectivity index (χ4n) is 1.18. The molecule has 1 amide bonds. The van der Waals surface area contributed by atoms with Gasteiger partial charge in [0, 0.05) is 19.8 Å². The molecular weight excluding hydrogens is 194 g/mol. The summed E-state index contributed by atoms with van der Waals surface area (Å²) in [6.45, 7) is 0. The molecule has 0 saturated heterocycles. The Kier molecular flexibility index (Phi) is 3.38. The zero-order valence-corrected chi connectivity index (χ0v) is 9.07. The predicted octanol–water partition coefficient (Wildman–Crippen LogP) is 1.51. The first kappa shape index (κ1) is 11.2. The van der Waals surface area contributed by atoms with Crippen LogP contribution in [0.3, 0.4) is 0 Å². The van der Waals surface area contributed by atoms with Crippen LogP contribution in [0.5, 0.6) is 0 Å². The molecule has 15 heavy (non-hydrogen) atoms. The standard InChI is InChI=1S/C10H15N3O2/c1-13(2)9-6-7(4-5-8(9)11)12-10(14)15-3/h4-6H,11H2,1-3H3,(H,12,14). The van der Waals surface area contributed by atoms with Gasteiger partial charge in [0.15, 0.2) is 0 Å². The van der Waals surface area contributed by atoms with Crippen molar-refractivity contribution in [3.8, 4) is 0 Å². The number of anilines is 3. The molecule has 5 heteroatoms. The molecule has 0 fully saturated rings. The van der Waals surface area contributed by atoms with Crippen molar-refractivity contribution in [1.82, 2.24) is 0 Å². The van der Waals surface area contributed by atoms with Gasteiger partial charge in [-0.15, -0.1) is 0 Å². The van der Waals surface area contributed by atoms with Gasteiger partial charge in [0.2, 0.25) is 0 Å². The average Bonchev–Trinajstić information content (AvgIpc) is 2.20. The van der Waals surface area contributed by atoms with Gasteiger partial charge in [-0.3, -0.25) is 5.32 Å². The summed E-state index contributed by atoms with van der Waals surface area (Å²) >= 11 is 0. The Morgan fingerprint density at radius 3 is 2.67 bits per heavy atom. The number of methoxy groups -OCH3 is 1. The quantitative estimate of drug-likeness (QED) is 0.724. The fourth-order valence-corrected chi connectivity index (χ4v) is 1.18. The number of carbonyl (C=O) groups is 1. The van der Waals surface area contributed by atoms with E-state index in [0.29, 0.717) is 11.4 Å². The summed E-state index contributed by atoms with van der Waals surface area (Å²) in [6, 6.07) is 5.24. The number of nitrogens with zero attached hydrogens (tertiary/aromatic N) is 1. The van der Waals surface area contributed by atoms with Crippen LogP contribution < -0.4 is 16.0 Å². The zero-order chi connectivity index (χ0) is 11.4. The zero-order valence-electron chi connectivity index (χ0n) is 9.07. The number of nitrogens with one attached hydrogen (secondary N) is 1. The van der Waals surface area contributed by atoms with Gasteiger partial charge in [-0.2, -0.15) is 0 Å². The molecule has 0 radical (unpaired) electrons. The van der Waals surface area contributed by atoms with Gasteiger partial charge in [0.25, 0.3) is 0 Å². The first-order valence-corrected chi connectivity index (χ1v) is 4.46. The number of hydrogen-bond acceptors (Lipinski definition) is 4. The molecule has 5 nitrogen and oxygen atoms in total. The molecule has 0 saturated carbocycles. The molecule has 0 heterocycles. The van der Waals surface area contributed by atoms with Crippen molar-refractivity contribution in [2.75, 3.05) is 37.2 Å². The SMILES string of the molecule is COC(=O)Nc1ccc(N)c(N(C)C)c1. The highest BCUT2D eigenvalue weighted by atomic mass is 16.5. The summed E-state index contributed by atoms with van der Waals surface area (Å²) in [5.41, 5.74) is 7.93. The molecule has 0 aliphatic carbocycles. The second-order valence-electron chi connectivity index (χ2n) is 3.28. The van der Waals surface area contributed by atoms with Gasteiger partial charge in [-0.05, 0) is 18.2 Å². The van der Waals surface area contributed by atoms with Gasteiger partial charge in [-0.25, -0.2) is 4.79 Å². The van der Waals surface area contributed by atoms with Crippen LogP contribution in [0.1, 0.15) is 0 Å². The molecule has 0 spiro atoms. The van der Waals surface area contributed by atoms with Crippen LogP contribution in [-0.4, -0.2) is 27.3 Å². The minimum atomic E-state index is -0.496. The molecule has 3 N–H and O–H groups in total. The van der Waals surface area contributed by atoms with E-state index < -0.39 is 6.09 Å². The smallest absolute Gasteiger partial charge is 0.411 e. The van der Waals surface area contributed by atoms with E-state index in [2.05, 4.69) is 10.1 Å². The summed E-state index contributed by atoms with van der Waals surface area (Å²) in [5.74, 6) is 0. The number of amides is 1. The second kappa shape index (κ2) is 4.54. The Balaban J connectivity index is 2.92. The summed E-state index contributed by atoms with van der Waals surface area (Å²) in [5, 5.41) is 2.57. The normalized spacial score (nSPS) is 9.53. The Labute approximate surface area is 88.8 Å². The third kappa shape index (κ3) is 2.77. The van der Waals surface area contributed by atoms with Gasteiger partial charge in [-0.1, -0.05) is 0 Å². The van der Waals surface area contributed by atoms with E-state index in [1.807, 2.05) is 19.0 Å². The number of benzene rings is 1. The maximum Gasteiger partial charge on any atom is 0.411 e. The lowest BCUT2D eigenvalue weighted by molar-refractivity contribution is 0.187. The number of nitrogen functional groups attached to an aromatic ring is 1. The largest absolute Gasteiger partial charge is 0.453 e. The van der Waals surface area contributed by atoms with Crippen molar-refractivity contribution >= 4 is 23.2 Å². The Hall–Kier alpha value is -1.91. The molecule has 0 aromatic heterocycles. The third-order valence-corrected chi connectivity index (χ3v) is 1.94. The van der Waals surface area contributed by atoms with Gasteiger partial charge in [0.05, 0.1) is 18.5 Å². The molecule has 0 atom stereocenters. The minimum absolute atomic E-state index is 0.496. The number of ether oxygens (including phenoxy) is 1. The summed E-state index contributed by atoms with van der Waals surface area (Å²) in [6.07, 6.45) is -0.496. The molecule has 1 aromatic carbocycles. The summed E-state index contributed by atoms with van der Waals surface area (Å²) in [4.78, 5) is 12.8. The minimum Gasteiger partial charge on any atom is -0.453 e.